The molecule has 4 atom stereocenters. The minimum absolute atomic E-state index is 0.0419. The number of hydrogen-bond acceptors (Lipinski definition) is 4. The van der Waals surface area contributed by atoms with Crippen molar-refractivity contribution in [2.45, 2.75) is 52.1 Å². The molecule has 26 heavy (non-hydrogen) atoms. The van der Waals surface area contributed by atoms with Crippen LogP contribution < -0.4 is 5.32 Å². The van der Waals surface area contributed by atoms with E-state index in [1.807, 2.05) is 0 Å². The number of benzene rings is 1. The molecular weight excluding hydrogens is 337 g/mol. The van der Waals surface area contributed by atoms with Gasteiger partial charge in [-0.2, -0.15) is 0 Å². The highest BCUT2D eigenvalue weighted by atomic mass is 19.1. The first kappa shape index (κ1) is 18.5. The molecule has 1 N–H and O–H groups in total. The number of carbonyl (C=O) groups excluding carboxylic acids is 3. The van der Waals surface area contributed by atoms with Gasteiger partial charge >= 0.3 is 5.97 Å². The van der Waals surface area contributed by atoms with Crippen LogP contribution >= 0.6 is 0 Å². The quantitative estimate of drug-likeness (QED) is 0.834. The van der Waals surface area contributed by atoms with Crippen LogP contribution in [0.2, 0.25) is 0 Å². The number of rotatable bonds is 4. The van der Waals surface area contributed by atoms with Gasteiger partial charge in [0.2, 0.25) is 0 Å². The molecule has 3 rings (SSSR count). The summed E-state index contributed by atoms with van der Waals surface area (Å²) in [5.41, 5.74) is 0.804. The fraction of sp³-hybridized carbons (Fsp3) is 0.550. The fourth-order valence-corrected chi connectivity index (χ4v) is 3.91. The number of aryl methyl sites for hydroxylation is 1. The number of nitrogens with one attached hydrogen (secondary N) is 1. The molecule has 0 aliphatic heterocycles. The highest BCUT2D eigenvalue weighted by Gasteiger charge is 2.42. The number of amides is 1. The lowest BCUT2D eigenvalue weighted by atomic mass is 9.67. The van der Waals surface area contributed by atoms with E-state index in [4.69, 9.17) is 4.74 Å². The predicted octanol–water partition coefficient (Wildman–Crippen LogP) is 3.40. The Bertz CT molecular complexity index is 717. The van der Waals surface area contributed by atoms with Crippen LogP contribution in [-0.4, -0.2) is 23.8 Å². The normalized spacial score (nSPS) is 26.1. The summed E-state index contributed by atoms with van der Waals surface area (Å²) in [5, 5.41) is 2.55. The van der Waals surface area contributed by atoms with Gasteiger partial charge in [0.1, 0.15) is 11.6 Å². The fourth-order valence-electron chi connectivity index (χ4n) is 3.91. The Morgan fingerprint density at radius 1 is 1.23 bits per heavy atom. The number of ether oxygens (including phenoxy) is 1. The van der Waals surface area contributed by atoms with Crippen molar-refractivity contribution in [3.05, 3.63) is 29.6 Å². The zero-order valence-corrected chi connectivity index (χ0v) is 15.1. The van der Waals surface area contributed by atoms with Gasteiger partial charge in [-0.05, 0) is 57.2 Å². The lowest BCUT2D eigenvalue weighted by molar-refractivity contribution is -0.161. The summed E-state index contributed by atoms with van der Waals surface area (Å²) >= 11 is 0. The van der Waals surface area contributed by atoms with E-state index in [0.29, 0.717) is 24.1 Å². The number of esters is 1. The zero-order valence-electron chi connectivity index (χ0n) is 15.1. The van der Waals surface area contributed by atoms with Crippen LogP contribution in [-0.2, 0) is 19.1 Å². The van der Waals surface area contributed by atoms with E-state index in [-0.39, 0.29) is 23.5 Å². The molecule has 2 aliphatic carbocycles. The monoisotopic (exact) mass is 361 g/mol. The van der Waals surface area contributed by atoms with Gasteiger partial charge < -0.3 is 10.1 Å². The summed E-state index contributed by atoms with van der Waals surface area (Å²) in [6, 6.07) is 4.40. The number of halogens is 1. The molecule has 2 aliphatic rings. The first-order valence-electron chi connectivity index (χ1n) is 9.16. The molecule has 2 saturated carbocycles. The molecule has 5 nitrogen and oxygen atoms in total. The molecular formula is C20H24FNO4. The number of carbonyl (C=O) groups is 3. The number of Topliss-reactive ketones (excluding diaryl/α,β-unsaturated/α-hetero) is 1. The molecule has 2 fully saturated rings. The van der Waals surface area contributed by atoms with Gasteiger partial charge in [0, 0.05) is 17.5 Å². The molecule has 1 amide bonds. The Morgan fingerprint density at radius 2 is 1.88 bits per heavy atom. The maximum atomic E-state index is 13.6. The number of anilines is 1. The van der Waals surface area contributed by atoms with Gasteiger partial charge in [0.15, 0.2) is 6.10 Å². The SMILES string of the molecule is Cc1ccc(NC(=O)[C@@H](C)OC(=O)C2C[C@H]3CCC[C@@H](C2)C3=O)cc1F. The van der Waals surface area contributed by atoms with Crippen LogP contribution in [0.4, 0.5) is 10.1 Å². The second-order valence-electron chi connectivity index (χ2n) is 7.43. The van der Waals surface area contributed by atoms with Gasteiger partial charge in [-0.15, -0.1) is 0 Å². The molecule has 2 bridgehead atoms. The molecule has 0 saturated heterocycles. The van der Waals surface area contributed by atoms with E-state index in [1.165, 1.54) is 13.0 Å². The minimum atomic E-state index is -0.982. The molecule has 1 aromatic carbocycles. The van der Waals surface area contributed by atoms with Crippen molar-refractivity contribution in [3.8, 4) is 0 Å². The Kier molecular flexibility index (Phi) is 5.39. The van der Waals surface area contributed by atoms with Crippen LogP contribution in [0.5, 0.6) is 0 Å². The van der Waals surface area contributed by atoms with Crippen LogP contribution in [0.3, 0.4) is 0 Å². The van der Waals surface area contributed by atoms with Crippen LogP contribution in [0.25, 0.3) is 0 Å². The number of hydrogen-bond donors (Lipinski definition) is 1. The molecule has 1 unspecified atom stereocenters. The van der Waals surface area contributed by atoms with E-state index in [0.717, 1.165) is 19.3 Å². The maximum absolute atomic E-state index is 13.6. The average molecular weight is 361 g/mol. The van der Waals surface area contributed by atoms with Gasteiger partial charge in [-0.3, -0.25) is 14.4 Å². The highest BCUT2D eigenvalue weighted by Crippen LogP contribution is 2.40. The third-order valence-corrected chi connectivity index (χ3v) is 5.48. The van der Waals surface area contributed by atoms with Crippen molar-refractivity contribution in [1.82, 2.24) is 0 Å². The van der Waals surface area contributed by atoms with E-state index in [9.17, 15) is 18.8 Å². The number of ketones is 1. The van der Waals surface area contributed by atoms with E-state index < -0.39 is 23.8 Å². The van der Waals surface area contributed by atoms with Gasteiger partial charge in [-0.25, -0.2) is 4.39 Å². The molecule has 0 heterocycles. The van der Waals surface area contributed by atoms with Gasteiger partial charge in [0.05, 0.1) is 5.92 Å². The van der Waals surface area contributed by atoms with Crippen molar-refractivity contribution >= 4 is 23.3 Å². The number of fused-ring (bicyclic) bond motifs is 2. The Hall–Kier alpha value is -2.24. The summed E-state index contributed by atoms with van der Waals surface area (Å²) in [4.78, 5) is 36.8. The van der Waals surface area contributed by atoms with Crippen molar-refractivity contribution in [2.24, 2.45) is 17.8 Å². The van der Waals surface area contributed by atoms with Crippen LogP contribution in [0, 0.1) is 30.5 Å². The third kappa shape index (κ3) is 3.94. The van der Waals surface area contributed by atoms with E-state index >= 15 is 0 Å². The first-order valence-corrected chi connectivity index (χ1v) is 9.16. The summed E-state index contributed by atoms with van der Waals surface area (Å²) in [6.07, 6.45) is 2.78. The molecule has 1 aromatic rings. The molecule has 140 valence electrons. The van der Waals surface area contributed by atoms with Gasteiger partial charge in [0.25, 0.3) is 5.91 Å². The summed E-state index contributed by atoms with van der Waals surface area (Å²) in [7, 11) is 0. The zero-order chi connectivity index (χ0) is 18.8. The minimum Gasteiger partial charge on any atom is -0.452 e. The van der Waals surface area contributed by atoms with Crippen LogP contribution in [0.15, 0.2) is 18.2 Å². The first-order chi connectivity index (χ1) is 12.3. The maximum Gasteiger partial charge on any atom is 0.309 e. The summed E-state index contributed by atoms with van der Waals surface area (Å²) < 4.78 is 18.9. The van der Waals surface area contributed by atoms with Crippen molar-refractivity contribution in [2.75, 3.05) is 5.32 Å². The van der Waals surface area contributed by atoms with Crippen molar-refractivity contribution in [3.63, 3.8) is 0 Å². The lowest BCUT2D eigenvalue weighted by Gasteiger charge is -2.36. The topological polar surface area (TPSA) is 72.5 Å². The molecule has 0 spiro atoms. The highest BCUT2D eigenvalue weighted by molar-refractivity contribution is 5.95. The summed E-state index contributed by atoms with van der Waals surface area (Å²) in [5.74, 6) is -1.46. The summed E-state index contributed by atoms with van der Waals surface area (Å²) in [6.45, 7) is 3.13. The van der Waals surface area contributed by atoms with E-state index in [2.05, 4.69) is 5.32 Å². The largest absolute Gasteiger partial charge is 0.452 e. The second-order valence-corrected chi connectivity index (χ2v) is 7.43. The Morgan fingerprint density at radius 3 is 2.50 bits per heavy atom. The smallest absolute Gasteiger partial charge is 0.309 e. The van der Waals surface area contributed by atoms with Crippen molar-refractivity contribution < 1.29 is 23.5 Å². The average Bonchev–Trinajstić information content (AvgIpc) is 2.57. The second kappa shape index (κ2) is 7.56. The Labute approximate surface area is 152 Å². The van der Waals surface area contributed by atoms with Crippen molar-refractivity contribution in [1.29, 1.82) is 0 Å². The predicted molar refractivity (Wildman–Crippen MR) is 93.9 cm³/mol. The van der Waals surface area contributed by atoms with E-state index in [1.54, 1.807) is 19.1 Å². The molecule has 0 radical (unpaired) electrons. The molecule has 6 heteroatoms. The third-order valence-electron chi connectivity index (χ3n) is 5.48. The standard InChI is InChI=1S/C20H24FNO4/c1-11-6-7-16(10-17(11)21)22-19(24)12(2)26-20(25)15-8-13-4-3-5-14(9-15)18(13)23/h6-7,10,12-15H,3-5,8-9H2,1-2H3,(H,22,24)/t12-,13-,14+,15?/m1/s1. The lowest BCUT2D eigenvalue weighted by Crippen LogP contribution is -2.41. The molecule has 0 aromatic heterocycles. The Balaban J connectivity index is 1.56. The van der Waals surface area contributed by atoms with Gasteiger partial charge in [-0.1, -0.05) is 12.5 Å². The van der Waals surface area contributed by atoms with Crippen LogP contribution in [0.1, 0.15) is 44.6 Å².